The molecule has 0 aliphatic rings. The Kier molecular flexibility index (Phi) is 4.52. The molecule has 5 nitrogen and oxygen atoms in total. The van der Waals surface area contributed by atoms with Gasteiger partial charge in [0.05, 0.1) is 7.11 Å². The first-order valence-corrected chi connectivity index (χ1v) is 6.52. The van der Waals surface area contributed by atoms with Gasteiger partial charge in [-0.05, 0) is 24.6 Å². The summed E-state index contributed by atoms with van der Waals surface area (Å²) in [5, 5.41) is 7.10. The van der Waals surface area contributed by atoms with Gasteiger partial charge in [-0.1, -0.05) is 19.1 Å². The molecule has 1 heterocycles. The van der Waals surface area contributed by atoms with Crippen LogP contribution in [-0.2, 0) is 19.3 Å². The number of methoxy groups -OCH3 is 1. The van der Waals surface area contributed by atoms with Gasteiger partial charge in [0.25, 0.3) is 0 Å². The topological polar surface area (TPSA) is 76.8 Å². The van der Waals surface area contributed by atoms with Crippen LogP contribution in [0.15, 0.2) is 18.2 Å². The van der Waals surface area contributed by atoms with E-state index in [1.807, 2.05) is 6.07 Å². The normalized spacial score (nSPS) is 10.7. The van der Waals surface area contributed by atoms with Crippen molar-refractivity contribution in [1.29, 1.82) is 0 Å². The van der Waals surface area contributed by atoms with Gasteiger partial charge in [0.15, 0.2) is 5.82 Å². The zero-order valence-corrected chi connectivity index (χ0v) is 11.4. The van der Waals surface area contributed by atoms with E-state index in [4.69, 9.17) is 10.5 Å². The summed E-state index contributed by atoms with van der Waals surface area (Å²) >= 11 is 0. The Morgan fingerprint density at radius 3 is 2.89 bits per heavy atom. The molecule has 3 N–H and O–H groups in total. The van der Waals surface area contributed by atoms with E-state index in [0.29, 0.717) is 19.4 Å². The Balaban J connectivity index is 2.20. The summed E-state index contributed by atoms with van der Waals surface area (Å²) in [5.74, 6) is 2.49. The summed E-state index contributed by atoms with van der Waals surface area (Å²) in [6.07, 6.45) is 2.39. The molecular formula is C14H20N4O. The highest BCUT2D eigenvalue weighted by atomic mass is 16.5. The van der Waals surface area contributed by atoms with Crippen LogP contribution in [0.3, 0.4) is 0 Å². The van der Waals surface area contributed by atoms with E-state index < -0.39 is 0 Å². The Morgan fingerprint density at radius 1 is 1.37 bits per heavy atom. The summed E-state index contributed by atoms with van der Waals surface area (Å²) in [6, 6.07) is 6.25. The highest BCUT2D eigenvalue weighted by Gasteiger charge is 2.08. The number of aromatic amines is 1. The molecule has 0 aliphatic carbocycles. The monoisotopic (exact) mass is 260 g/mol. The number of benzene rings is 1. The first-order chi connectivity index (χ1) is 9.26. The van der Waals surface area contributed by atoms with Crippen LogP contribution >= 0.6 is 0 Å². The van der Waals surface area contributed by atoms with Crippen molar-refractivity contribution in [3.63, 3.8) is 0 Å². The molecule has 102 valence electrons. The zero-order chi connectivity index (χ0) is 13.7. The number of H-pyrrole nitrogens is 1. The minimum absolute atomic E-state index is 0.561. The van der Waals surface area contributed by atoms with E-state index in [9.17, 15) is 0 Å². The van der Waals surface area contributed by atoms with Gasteiger partial charge in [0.2, 0.25) is 0 Å². The number of nitrogens with zero attached hydrogens (tertiary/aromatic N) is 2. The summed E-state index contributed by atoms with van der Waals surface area (Å²) in [5.41, 5.74) is 7.90. The summed E-state index contributed by atoms with van der Waals surface area (Å²) < 4.78 is 5.39. The van der Waals surface area contributed by atoms with Crippen LogP contribution in [0.2, 0.25) is 0 Å². The molecule has 2 rings (SSSR count). The van der Waals surface area contributed by atoms with Crippen molar-refractivity contribution >= 4 is 0 Å². The van der Waals surface area contributed by atoms with E-state index in [1.165, 1.54) is 5.56 Å². The maximum Gasteiger partial charge on any atom is 0.151 e. The van der Waals surface area contributed by atoms with E-state index in [0.717, 1.165) is 29.4 Å². The molecule has 19 heavy (non-hydrogen) atoms. The van der Waals surface area contributed by atoms with Crippen molar-refractivity contribution in [2.24, 2.45) is 5.73 Å². The van der Waals surface area contributed by atoms with Gasteiger partial charge in [-0.3, -0.25) is 5.10 Å². The second-order valence-electron chi connectivity index (χ2n) is 4.41. The molecule has 5 heteroatoms. The molecule has 0 fully saturated rings. The molecular weight excluding hydrogens is 240 g/mol. The van der Waals surface area contributed by atoms with Gasteiger partial charge in [0, 0.05) is 18.4 Å². The molecule has 0 bridgehead atoms. The first kappa shape index (κ1) is 13.5. The predicted molar refractivity (Wildman–Crippen MR) is 74.3 cm³/mol. The molecule has 0 saturated heterocycles. The lowest BCUT2D eigenvalue weighted by atomic mass is 10.0. The fraction of sp³-hybridized carbons (Fsp3) is 0.429. The molecule has 1 aromatic heterocycles. The predicted octanol–water partition coefficient (Wildman–Crippen LogP) is 1.47. The summed E-state index contributed by atoms with van der Waals surface area (Å²) in [4.78, 5) is 4.42. The molecule has 0 saturated carbocycles. The van der Waals surface area contributed by atoms with Gasteiger partial charge < -0.3 is 10.5 Å². The van der Waals surface area contributed by atoms with Crippen LogP contribution in [0, 0.1) is 0 Å². The number of rotatable bonds is 6. The van der Waals surface area contributed by atoms with E-state index >= 15 is 0 Å². The quantitative estimate of drug-likeness (QED) is 0.824. The second-order valence-corrected chi connectivity index (χ2v) is 4.41. The third-order valence-corrected chi connectivity index (χ3v) is 3.06. The van der Waals surface area contributed by atoms with E-state index in [1.54, 1.807) is 7.11 Å². The van der Waals surface area contributed by atoms with Crippen molar-refractivity contribution in [1.82, 2.24) is 15.2 Å². The van der Waals surface area contributed by atoms with Gasteiger partial charge in [0.1, 0.15) is 11.6 Å². The average molecular weight is 260 g/mol. The van der Waals surface area contributed by atoms with E-state index in [2.05, 4.69) is 34.2 Å². The van der Waals surface area contributed by atoms with Crippen LogP contribution in [0.4, 0.5) is 0 Å². The molecule has 1 aromatic carbocycles. The van der Waals surface area contributed by atoms with Gasteiger partial charge in [-0.25, -0.2) is 4.98 Å². The van der Waals surface area contributed by atoms with Crippen molar-refractivity contribution in [2.75, 3.05) is 13.7 Å². The highest BCUT2D eigenvalue weighted by molar-refractivity contribution is 5.39. The lowest BCUT2D eigenvalue weighted by Gasteiger charge is -2.08. The number of hydrogen-bond acceptors (Lipinski definition) is 4. The first-order valence-electron chi connectivity index (χ1n) is 6.52. The Morgan fingerprint density at radius 2 is 2.21 bits per heavy atom. The SMILES string of the molecule is CCc1ccc(OC)c(Cc2nc(CCN)n[nH]2)c1. The van der Waals surface area contributed by atoms with Crippen LogP contribution in [0.25, 0.3) is 0 Å². The number of hydrogen-bond donors (Lipinski definition) is 2. The summed E-state index contributed by atoms with van der Waals surface area (Å²) in [7, 11) is 1.69. The number of aryl methyl sites for hydroxylation is 1. The smallest absolute Gasteiger partial charge is 0.151 e. The fourth-order valence-corrected chi connectivity index (χ4v) is 2.03. The third kappa shape index (κ3) is 3.32. The van der Waals surface area contributed by atoms with Gasteiger partial charge in [-0.15, -0.1) is 0 Å². The van der Waals surface area contributed by atoms with Crippen molar-refractivity contribution in [3.05, 3.63) is 41.0 Å². The average Bonchev–Trinajstić information content (AvgIpc) is 2.86. The Hall–Kier alpha value is -1.88. The number of nitrogens with one attached hydrogen (secondary N) is 1. The van der Waals surface area contributed by atoms with Crippen LogP contribution in [0.5, 0.6) is 5.75 Å². The van der Waals surface area contributed by atoms with Crippen LogP contribution in [0.1, 0.15) is 29.7 Å². The number of nitrogens with two attached hydrogens (primary N) is 1. The second kappa shape index (κ2) is 6.33. The molecule has 0 radical (unpaired) electrons. The highest BCUT2D eigenvalue weighted by Crippen LogP contribution is 2.22. The number of aromatic nitrogens is 3. The zero-order valence-electron chi connectivity index (χ0n) is 11.4. The van der Waals surface area contributed by atoms with Crippen molar-refractivity contribution in [2.45, 2.75) is 26.2 Å². The lowest BCUT2D eigenvalue weighted by Crippen LogP contribution is -2.04. The largest absolute Gasteiger partial charge is 0.496 e. The minimum Gasteiger partial charge on any atom is -0.496 e. The maximum absolute atomic E-state index is 5.49. The molecule has 0 aliphatic heterocycles. The molecule has 0 amide bonds. The molecule has 2 aromatic rings. The summed E-state index contributed by atoms with van der Waals surface area (Å²) in [6.45, 7) is 2.70. The minimum atomic E-state index is 0.561. The van der Waals surface area contributed by atoms with Crippen LogP contribution < -0.4 is 10.5 Å². The lowest BCUT2D eigenvalue weighted by molar-refractivity contribution is 0.410. The molecule has 0 atom stereocenters. The number of ether oxygens (including phenoxy) is 1. The van der Waals surface area contributed by atoms with Crippen LogP contribution in [-0.4, -0.2) is 28.8 Å². The van der Waals surface area contributed by atoms with Gasteiger partial charge >= 0.3 is 0 Å². The fourth-order valence-electron chi connectivity index (χ4n) is 2.03. The maximum atomic E-state index is 5.49. The molecule has 0 spiro atoms. The third-order valence-electron chi connectivity index (χ3n) is 3.06. The van der Waals surface area contributed by atoms with Crippen molar-refractivity contribution in [3.8, 4) is 5.75 Å². The Labute approximate surface area is 113 Å². The Bertz CT molecular complexity index is 536. The standard InChI is InChI=1S/C14H20N4O/c1-3-10-4-5-12(19-2)11(8-10)9-14-16-13(6-7-15)17-18-14/h4-5,8H,3,6-7,9,15H2,1-2H3,(H,16,17,18). The van der Waals surface area contributed by atoms with Crippen molar-refractivity contribution < 1.29 is 4.74 Å². The molecule has 0 unspecified atom stereocenters. The van der Waals surface area contributed by atoms with Gasteiger partial charge in [-0.2, -0.15) is 5.10 Å². The van der Waals surface area contributed by atoms with E-state index in [-0.39, 0.29) is 0 Å².